The number of carboxylic acids is 1. The molecule has 24 heavy (non-hydrogen) atoms. The maximum Gasteiger partial charge on any atom is 0.319 e. The van der Waals surface area contributed by atoms with Crippen LogP contribution in [0.25, 0.3) is 0 Å². The molecule has 3 atom stereocenters. The number of hydrogen-bond acceptors (Lipinski definition) is 4. The van der Waals surface area contributed by atoms with Crippen LogP contribution in [0, 0.1) is 11.6 Å². The quantitative estimate of drug-likeness (QED) is 0.647. The number of anilines is 1. The fourth-order valence-corrected chi connectivity index (χ4v) is 2.56. The van der Waals surface area contributed by atoms with Gasteiger partial charge in [-0.25, -0.2) is 13.6 Å². The van der Waals surface area contributed by atoms with Gasteiger partial charge in [0, 0.05) is 6.07 Å². The first kappa shape index (κ1) is 18.1. The van der Waals surface area contributed by atoms with E-state index < -0.39 is 48.5 Å². The number of halogens is 2. The van der Waals surface area contributed by atoms with Crippen LogP contribution in [-0.4, -0.2) is 47.1 Å². The zero-order chi connectivity index (χ0) is 17.7. The molecule has 0 saturated carbocycles. The third kappa shape index (κ3) is 4.87. The fourth-order valence-electron chi connectivity index (χ4n) is 2.56. The Labute approximate surface area is 136 Å². The predicted molar refractivity (Wildman–Crippen MR) is 79.5 cm³/mol. The second kappa shape index (κ2) is 8.02. The normalized spacial score (nSPS) is 23.5. The standard InChI is InChI=1S/C15H18F2N2O5/c16-8-1-3-10(17)12(5-8)19-15(23)18-11-4-2-9(6-14(21)22)24-13(11)7-20/h1,3,5,9,11,13,20H,2,4,6-7H2,(H,21,22)(H2,18,19,23)/t9-,11+,13+/m0/s1. The number of hydrogen-bond donors (Lipinski definition) is 4. The number of aliphatic carboxylic acids is 1. The first-order valence-electron chi connectivity index (χ1n) is 7.39. The molecule has 2 amide bonds. The summed E-state index contributed by atoms with van der Waals surface area (Å²) in [6, 6.07) is 1.32. The van der Waals surface area contributed by atoms with Crippen molar-refractivity contribution in [3.8, 4) is 0 Å². The Morgan fingerprint density at radius 1 is 1.29 bits per heavy atom. The van der Waals surface area contributed by atoms with Crippen LogP contribution in [0.5, 0.6) is 0 Å². The van der Waals surface area contributed by atoms with Crippen molar-refractivity contribution in [2.24, 2.45) is 0 Å². The van der Waals surface area contributed by atoms with E-state index in [1.54, 1.807) is 0 Å². The van der Waals surface area contributed by atoms with Crippen molar-refractivity contribution in [1.29, 1.82) is 0 Å². The summed E-state index contributed by atoms with van der Waals surface area (Å²) >= 11 is 0. The van der Waals surface area contributed by atoms with Crippen LogP contribution in [0.2, 0.25) is 0 Å². The molecular weight excluding hydrogens is 326 g/mol. The van der Waals surface area contributed by atoms with Crippen molar-refractivity contribution in [3.63, 3.8) is 0 Å². The van der Waals surface area contributed by atoms with E-state index in [1.165, 1.54) is 0 Å². The smallest absolute Gasteiger partial charge is 0.319 e. The number of aliphatic hydroxyl groups is 1. The molecule has 9 heteroatoms. The third-order valence-electron chi connectivity index (χ3n) is 3.69. The monoisotopic (exact) mass is 344 g/mol. The zero-order valence-electron chi connectivity index (χ0n) is 12.7. The van der Waals surface area contributed by atoms with Crippen LogP contribution < -0.4 is 10.6 Å². The Morgan fingerprint density at radius 2 is 2.04 bits per heavy atom. The summed E-state index contributed by atoms with van der Waals surface area (Å²) < 4.78 is 32.0. The van der Waals surface area contributed by atoms with Crippen LogP contribution in [0.1, 0.15) is 19.3 Å². The molecule has 0 aliphatic carbocycles. The van der Waals surface area contributed by atoms with Gasteiger partial charge in [-0.2, -0.15) is 0 Å². The molecule has 1 aliphatic heterocycles. The van der Waals surface area contributed by atoms with Crippen molar-refractivity contribution in [1.82, 2.24) is 5.32 Å². The number of amides is 2. The van der Waals surface area contributed by atoms with E-state index in [4.69, 9.17) is 9.84 Å². The summed E-state index contributed by atoms with van der Waals surface area (Å²) in [5.41, 5.74) is -0.312. The fraction of sp³-hybridized carbons (Fsp3) is 0.467. The lowest BCUT2D eigenvalue weighted by Gasteiger charge is -2.35. The lowest BCUT2D eigenvalue weighted by molar-refractivity contribution is -0.145. The van der Waals surface area contributed by atoms with Gasteiger partial charge in [0.1, 0.15) is 17.7 Å². The number of benzene rings is 1. The van der Waals surface area contributed by atoms with Gasteiger partial charge in [-0.05, 0) is 25.0 Å². The van der Waals surface area contributed by atoms with Crippen molar-refractivity contribution in [2.75, 3.05) is 11.9 Å². The minimum absolute atomic E-state index is 0.191. The van der Waals surface area contributed by atoms with E-state index in [0.29, 0.717) is 12.8 Å². The van der Waals surface area contributed by atoms with Crippen LogP contribution >= 0.6 is 0 Å². The third-order valence-corrected chi connectivity index (χ3v) is 3.69. The van der Waals surface area contributed by atoms with Gasteiger partial charge in [0.05, 0.1) is 30.9 Å². The van der Waals surface area contributed by atoms with Gasteiger partial charge in [0.2, 0.25) is 0 Å². The van der Waals surface area contributed by atoms with Crippen LogP contribution in [0.3, 0.4) is 0 Å². The molecule has 7 nitrogen and oxygen atoms in total. The Balaban J connectivity index is 1.93. The highest BCUT2D eigenvalue weighted by Crippen LogP contribution is 2.22. The summed E-state index contributed by atoms with van der Waals surface area (Å²) in [6.07, 6.45) is -0.721. The van der Waals surface area contributed by atoms with Gasteiger partial charge in [-0.3, -0.25) is 4.79 Å². The molecule has 0 unspecified atom stereocenters. The molecule has 1 fully saturated rings. The van der Waals surface area contributed by atoms with Gasteiger partial charge in [0.15, 0.2) is 0 Å². The average molecular weight is 344 g/mol. The Hall–Kier alpha value is -2.26. The molecule has 2 rings (SSSR count). The molecule has 4 N–H and O–H groups in total. The Bertz CT molecular complexity index is 614. The minimum atomic E-state index is -1.01. The summed E-state index contributed by atoms with van der Waals surface area (Å²) in [6.45, 7) is -0.407. The number of urea groups is 1. The van der Waals surface area contributed by atoms with Gasteiger partial charge in [0.25, 0.3) is 0 Å². The topological polar surface area (TPSA) is 108 Å². The highest BCUT2D eigenvalue weighted by Gasteiger charge is 2.32. The number of rotatable bonds is 5. The van der Waals surface area contributed by atoms with Crippen molar-refractivity contribution >= 4 is 17.7 Å². The average Bonchev–Trinajstić information content (AvgIpc) is 2.51. The molecule has 0 radical (unpaired) electrons. The van der Waals surface area contributed by atoms with E-state index in [2.05, 4.69) is 10.6 Å². The first-order chi connectivity index (χ1) is 11.4. The highest BCUT2D eigenvalue weighted by atomic mass is 19.1. The molecule has 1 aliphatic rings. The van der Waals surface area contributed by atoms with Crippen LogP contribution in [0.15, 0.2) is 18.2 Å². The molecule has 0 aromatic heterocycles. The molecule has 132 valence electrons. The Morgan fingerprint density at radius 3 is 2.71 bits per heavy atom. The maximum absolute atomic E-state index is 13.5. The number of carbonyl (C=O) groups is 2. The molecule has 1 aromatic rings. The predicted octanol–water partition coefficient (Wildman–Crippen LogP) is 1.47. The van der Waals surface area contributed by atoms with E-state index >= 15 is 0 Å². The summed E-state index contributed by atoms with van der Waals surface area (Å²) in [7, 11) is 0. The molecule has 0 spiro atoms. The number of ether oxygens (including phenoxy) is 1. The van der Waals surface area contributed by atoms with E-state index in [1.807, 2.05) is 0 Å². The number of carbonyl (C=O) groups excluding carboxylic acids is 1. The number of carboxylic acid groups (broad SMARTS) is 1. The molecule has 1 aromatic carbocycles. The highest BCUT2D eigenvalue weighted by molar-refractivity contribution is 5.89. The van der Waals surface area contributed by atoms with Crippen LogP contribution in [0.4, 0.5) is 19.3 Å². The van der Waals surface area contributed by atoms with Gasteiger partial charge in [-0.1, -0.05) is 0 Å². The lowest BCUT2D eigenvalue weighted by Crippen LogP contribution is -2.52. The molecule has 1 saturated heterocycles. The van der Waals surface area contributed by atoms with Gasteiger partial charge < -0.3 is 25.6 Å². The zero-order valence-corrected chi connectivity index (χ0v) is 12.7. The second-order valence-corrected chi connectivity index (χ2v) is 5.48. The van der Waals surface area contributed by atoms with Crippen molar-refractivity contribution < 1.29 is 33.3 Å². The number of aliphatic hydroxyl groups excluding tert-OH is 1. The minimum Gasteiger partial charge on any atom is -0.481 e. The van der Waals surface area contributed by atoms with E-state index in [9.17, 15) is 23.5 Å². The largest absolute Gasteiger partial charge is 0.481 e. The van der Waals surface area contributed by atoms with E-state index in [0.717, 1.165) is 18.2 Å². The molecular formula is C15H18F2N2O5. The lowest BCUT2D eigenvalue weighted by atomic mass is 9.97. The maximum atomic E-state index is 13.5. The van der Waals surface area contributed by atoms with Gasteiger partial charge in [-0.15, -0.1) is 0 Å². The SMILES string of the molecule is O=C(O)C[C@@H]1CC[C@@H](NC(=O)Nc2cc(F)ccc2F)[C@@H](CO)O1. The van der Waals surface area contributed by atoms with Gasteiger partial charge >= 0.3 is 12.0 Å². The summed E-state index contributed by atoms with van der Waals surface area (Å²) in [4.78, 5) is 22.6. The molecule has 0 bridgehead atoms. The summed E-state index contributed by atoms with van der Waals surface area (Å²) in [5.74, 6) is -2.49. The summed E-state index contributed by atoms with van der Waals surface area (Å²) in [5, 5.41) is 22.8. The first-order valence-corrected chi connectivity index (χ1v) is 7.39. The molecule has 1 heterocycles. The van der Waals surface area contributed by atoms with E-state index in [-0.39, 0.29) is 12.1 Å². The Kier molecular flexibility index (Phi) is 6.04. The van der Waals surface area contributed by atoms with Crippen molar-refractivity contribution in [2.45, 2.75) is 37.5 Å². The van der Waals surface area contributed by atoms with Crippen molar-refractivity contribution in [3.05, 3.63) is 29.8 Å². The number of nitrogens with one attached hydrogen (secondary N) is 2. The van der Waals surface area contributed by atoms with Crippen LogP contribution in [-0.2, 0) is 9.53 Å². The second-order valence-electron chi connectivity index (χ2n) is 5.48.